The molecular formula is C21H22FN3O. The van der Waals surface area contributed by atoms with E-state index in [2.05, 4.69) is 5.10 Å². The van der Waals surface area contributed by atoms with E-state index in [4.69, 9.17) is 0 Å². The standard InChI is InChI=1S/C19H16FN3O.C2H6/c1-22-18(8-9-21-22)13-6-7-15(17(20)10-13)12-23-11-14-4-2-3-5-16(14)19(23)24;1-2/h2-10H,11-12H2,1H3;1-2H3. The van der Waals surface area contributed by atoms with Crippen LogP contribution in [0.3, 0.4) is 0 Å². The Hall–Kier alpha value is -2.95. The van der Waals surface area contributed by atoms with Crippen LogP contribution in [0.25, 0.3) is 11.3 Å². The highest BCUT2D eigenvalue weighted by molar-refractivity contribution is 5.98. The number of hydrogen-bond donors (Lipinski definition) is 0. The number of benzene rings is 2. The first-order chi connectivity index (χ1) is 12.6. The third-order valence-electron chi connectivity index (χ3n) is 4.43. The van der Waals surface area contributed by atoms with Crippen molar-refractivity contribution < 1.29 is 9.18 Å². The molecule has 0 radical (unpaired) electrons. The van der Waals surface area contributed by atoms with Crippen LogP contribution in [0.4, 0.5) is 4.39 Å². The number of nitrogens with zero attached hydrogens (tertiary/aromatic N) is 3. The van der Waals surface area contributed by atoms with Crippen molar-refractivity contribution in [2.45, 2.75) is 26.9 Å². The lowest BCUT2D eigenvalue weighted by Crippen LogP contribution is -2.23. The molecule has 0 spiro atoms. The molecular weight excluding hydrogens is 329 g/mol. The molecule has 0 saturated carbocycles. The summed E-state index contributed by atoms with van der Waals surface area (Å²) >= 11 is 0. The second-order valence-corrected chi connectivity index (χ2v) is 5.96. The largest absolute Gasteiger partial charge is 0.330 e. The maximum atomic E-state index is 14.5. The zero-order valence-electron chi connectivity index (χ0n) is 15.2. The Morgan fingerprint density at radius 3 is 2.54 bits per heavy atom. The third kappa shape index (κ3) is 3.25. The van der Waals surface area contributed by atoms with Gasteiger partial charge in [0.15, 0.2) is 0 Å². The Morgan fingerprint density at radius 1 is 1.12 bits per heavy atom. The average molecular weight is 351 g/mol. The van der Waals surface area contributed by atoms with E-state index in [-0.39, 0.29) is 18.3 Å². The van der Waals surface area contributed by atoms with Gasteiger partial charge in [0, 0.05) is 43.0 Å². The molecule has 3 aromatic rings. The zero-order valence-corrected chi connectivity index (χ0v) is 15.2. The summed E-state index contributed by atoms with van der Waals surface area (Å²) < 4.78 is 16.2. The molecule has 26 heavy (non-hydrogen) atoms. The van der Waals surface area contributed by atoms with Gasteiger partial charge >= 0.3 is 0 Å². The minimum atomic E-state index is -0.308. The summed E-state index contributed by atoms with van der Waals surface area (Å²) in [5, 5.41) is 4.10. The topological polar surface area (TPSA) is 38.1 Å². The van der Waals surface area contributed by atoms with Gasteiger partial charge in [0.25, 0.3) is 5.91 Å². The number of halogens is 1. The maximum Gasteiger partial charge on any atom is 0.254 e. The molecule has 4 nitrogen and oxygen atoms in total. The Labute approximate surface area is 152 Å². The van der Waals surface area contributed by atoms with Crippen LogP contribution in [-0.4, -0.2) is 20.6 Å². The molecule has 5 heteroatoms. The minimum Gasteiger partial charge on any atom is -0.330 e. The van der Waals surface area contributed by atoms with Crippen molar-refractivity contribution in [3.05, 3.63) is 77.2 Å². The van der Waals surface area contributed by atoms with Crippen molar-refractivity contribution in [3.8, 4) is 11.3 Å². The first-order valence-electron chi connectivity index (χ1n) is 8.77. The molecule has 0 atom stereocenters. The van der Waals surface area contributed by atoms with Crippen LogP contribution in [0.2, 0.25) is 0 Å². The number of rotatable bonds is 3. The van der Waals surface area contributed by atoms with Crippen molar-refractivity contribution >= 4 is 5.91 Å². The molecule has 1 aliphatic rings. The number of amides is 1. The van der Waals surface area contributed by atoms with Crippen molar-refractivity contribution in [2.24, 2.45) is 7.05 Å². The molecule has 1 aliphatic heterocycles. The van der Waals surface area contributed by atoms with E-state index in [1.807, 2.05) is 57.3 Å². The summed E-state index contributed by atoms with van der Waals surface area (Å²) in [4.78, 5) is 14.1. The summed E-state index contributed by atoms with van der Waals surface area (Å²) in [7, 11) is 1.82. The van der Waals surface area contributed by atoms with E-state index in [1.54, 1.807) is 21.8 Å². The van der Waals surface area contributed by atoms with E-state index >= 15 is 0 Å². The highest BCUT2D eigenvalue weighted by atomic mass is 19.1. The van der Waals surface area contributed by atoms with E-state index in [9.17, 15) is 9.18 Å². The van der Waals surface area contributed by atoms with Gasteiger partial charge in [0.1, 0.15) is 5.82 Å². The molecule has 134 valence electrons. The van der Waals surface area contributed by atoms with Gasteiger partial charge in [0.05, 0.1) is 5.69 Å². The monoisotopic (exact) mass is 351 g/mol. The highest BCUT2D eigenvalue weighted by Crippen LogP contribution is 2.26. The molecule has 1 amide bonds. The van der Waals surface area contributed by atoms with Crippen molar-refractivity contribution in [1.29, 1.82) is 0 Å². The lowest BCUT2D eigenvalue weighted by atomic mass is 10.1. The predicted octanol–water partition coefficient (Wildman–Crippen LogP) is 4.41. The van der Waals surface area contributed by atoms with Crippen LogP contribution in [0.5, 0.6) is 0 Å². The molecule has 2 aromatic carbocycles. The molecule has 0 fully saturated rings. The number of carbonyl (C=O) groups excluding carboxylic acids is 1. The summed E-state index contributed by atoms with van der Waals surface area (Å²) in [5.41, 5.74) is 3.85. The van der Waals surface area contributed by atoms with Crippen molar-refractivity contribution in [3.63, 3.8) is 0 Å². The van der Waals surface area contributed by atoms with E-state index in [1.165, 1.54) is 6.07 Å². The lowest BCUT2D eigenvalue weighted by molar-refractivity contribution is 0.0765. The Bertz CT molecular complexity index is 933. The number of hydrogen-bond acceptors (Lipinski definition) is 2. The second-order valence-electron chi connectivity index (χ2n) is 5.96. The molecule has 0 saturated heterocycles. The normalized spacial score (nSPS) is 12.6. The molecule has 0 bridgehead atoms. The number of carbonyl (C=O) groups is 1. The van der Waals surface area contributed by atoms with E-state index in [0.717, 1.165) is 16.8 Å². The number of fused-ring (bicyclic) bond motifs is 1. The number of aryl methyl sites for hydroxylation is 1. The van der Waals surface area contributed by atoms with Crippen LogP contribution in [0.1, 0.15) is 35.3 Å². The average Bonchev–Trinajstić information content (AvgIpc) is 3.23. The fourth-order valence-corrected chi connectivity index (χ4v) is 3.14. The first-order valence-corrected chi connectivity index (χ1v) is 8.77. The van der Waals surface area contributed by atoms with Crippen LogP contribution in [0, 0.1) is 5.82 Å². The summed E-state index contributed by atoms with van der Waals surface area (Å²) in [6.07, 6.45) is 1.68. The minimum absolute atomic E-state index is 0.0410. The highest BCUT2D eigenvalue weighted by Gasteiger charge is 2.27. The lowest BCUT2D eigenvalue weighted by Gasteiger charge is -2.16. The van der Waals surface area contributed by atoms with Gasteiger partial charge in [-0.3, -0.25) is 9.48 Å². The fraction of sp³-hybridized carbons (Fsp3) is 0.238. The van der Waals surface area contributed by atoms with Crippen molar-refractivity contribution in [2.75, 3.05) is 0 Å². The van der Waals surface area contributed by atoms with E-state index < -0.39 is 0 Å². The fourth-order valence-electron chi connectivity index (χ4n) is 3.14. The van der Waals surface area contributed by atoms with Gasteiger partial charge in [-0.2, -0.15) is 5.10 Å². The van der Waals surface area contributed by atoms with Crippen molar-refractivity contribution in [1.82, 2.24) is 14.7 Å². The van der Waals surface area contributed by atoms with E-state index in [0.29, 0.717) is 17.7 Å². The van der Waals surface area contributed by atoms with Crippen LogP contribution in [-0.2, 0) is 20.1 Å². The quantitative estimate of drug-likeness (QED) is 0.701. The van der Waals surface area contributed by atoms with Crippen LogP contribution in [0.15, 0.2) is 54.7 Å². The number of aromatic nitrogens is 2. The third-order valence-corrected chi connectivity index (χ3v) is 4.43. The molecule has 0 N–H and O–H groups in total. The van der Waals surface area contributed by atoms with Gasteiger partial charge in [-0.05, 0) is 23.8 Å². The Morgan fingerprint density at radius 2 is 1.88 bits per heavy atom. The molecule has 2 heterocycles. The van der Waals surface area contributed by atoms with Gasteiger partial charge in [-0.15, -0.1) is 0 Å². The summed E-state index contributed by atoms with van der Waals surface area (Å²) in [5.74, 6) is -0.349. The zero-order chi connectivity index (χ0) is 18.7. The SMILES string of the molecule is CC.Cn1nccc1-c1ccc(CN2Cc3ccccc3C2=O)c(F)c1. The molecule has 0 unspecified atom stereocenters. The summed E-state index contributed by atoms with van der Waals surface area (Å²) in [6.45, 7) is 4.79. The predicted molar refractivity (Wildman–Crippen MR) is 100.0 cm³/mol. The Kier molecular flexibility index (Phi) is 5.16. The van der Waals surface area contributed by atoms with Crippen LogP contribution < -0.4 is 0 Å². The van der Waals surface area contributed by atoms with Gasteiger partial charge in [-0.25, -0.2) is 4.39 Å². The smallest absolute Gasteiger partial charge is 0.254 e. The molecule has 1 aromatic heterocycles. The summed E-state index contributed by atoms with van der Waals surface area (Å²) in [6, 6.07) is 14.5. The Balaban J connectivity index is 0.000000948. The first kappa shape index (κ1) is 17.9. The molecule has 0 aliphatic carbocycles. The van der Waals surface area contributed by atoms with Crippen LogP contribution >= 0.6 is 0 Å². The molecule has 4 rings (SSSR count). The van der Waals surface area contributed by atoms with Gasteiger partial charge in [0.2, 0.25) is 0 Å². The maximum absolute atomic E-state index is 14.5. The van der Waals surface area contributed by atoms with Gasteiger partial charge in [-0.1, -0.05) is 44.2 Å². The second kappa shape index (κ2) is 7.52. The van der Waals surface area contributed by atoms with Gasteiger partial charge < -0.3 is 4.90 Å².